The van der Waals surface area contributed by atoms with Gasteiger partial charge in [0, 0.05) is 13.1 Å². The topological polar surface area (TPSA) is 12.0 Å². The molecule has 0 aliphatic rings. The number of rotatable bonds is 4. The van der Waals surface area contributed by atoms with Crippen molar-refractivity contribution in [1.29, 1.82) is 0 Å². The molecule has 0 bridgehead atoms. The van der Waals surface area contributed by atoms with Gasteiger partial charge < -0.3 is 5.32 Å². The molecular weight excluding hydrogens is 350 g/mol. The van der Waals surface area contributed by atoms with Gasteiger partial charge in [-0.1, -0.05) is 30.3 Å². The molecule has 0 aliphatic carbocycles. The van der Waals surface area contributed by atoms with Crippen molar-refractivity contribution in [3.05, 3.63) is 55.1 Å². The van der Waals surface area contributed by atoms with Gasteiger partial charge in [0.05, 0.1) is 7.57 Å². The van der Waals surface area contributed by atoms with Gasteiger partial charge in [-0.25, -0.2) is 0 Å². The number of thiophene rings is 1. The highest BCUT2D eigenvalue weighted by atomic mass is 79.9. The summed E-state index contributed by atoms with van der Waals surface area (Å²) in [7, 11) is 0. The van der Waals surface area contributed by atoms with Crippen molar-refractivity contribution in [2.45, 2.75) is 13.1 Å². The summed E-state index contributed by atoms with van der Waals surface area (Å²) in [6.45, 7) is 1.79. The third-order valence-corrected chi connectivity index (χ3v) is 4.68. The van der Waals surface area contributed by atoms with Crippen LogP contribution >= 0.6 is 43.2 Å². The van der Waals surface area contributed by atoms with E-state index in [1.54, 1.807) is 11.3 Å². The predicted octanol–water partition coefficient (Wildman–Crippen LogP) is 4.56. The van der Waals surface area contributed by atoms with Crippen LogP contribution in [0.4, 0.5) is 0 Å². The summed E-state index contributed by atoms with van der Waals surface area (Å²) in [5, 5.41) is 3.43. The second kappa shape index (κ2) is 5.96. The van der Waals surface area contributed by atoms with E-state index in [1.165, 1.54) is 14.9 Å². The number of hydrogen-bond donors (Lipinski definition) is 1. The van der Waals surface area contributed by atoms with E-state index < -0.39 is 0 Å². The van der Waals surface area contributed by atoms with Crippen molar-refractivity contribution < 1.29 is 0 Å². The Morgan fingerprint density at radius 1 is 1.06 bits per heavy atom. The van der Waals surface area contributed by atoms with Gasteiger partial charge in [0.15, 0.2) is 0 Å². The lowest BCUT2D eigenvalue weighted by Gasteiger charge is -2.03. The quantitative estimate of drug-likeness (QED) is 0.842. The Bertz CT molecular complexity index is 453. The van der Waals surface area contributed by atoms with E-state index in [1.807, 2.05) is 6.07 Å². The fraction of sp³-hybridized carbons (Fsp3) is 0.167. The highest BCUT2D eigenvalue weighted by molar-refractivity contribution is 9.12. The van der Waals surface area contributed by atoms with Crippen LogP contribution in [0.2, 0.25) is 0 Å². The Morgan fingerprint density at radius 3 is 2.44 bits per heavy atom. The van der Waals surface area contributed by atoms with Crippen molar-refractivity contribution in [3.8, 4) is 0 Å². The summed E-state index contributed by atoms with van der Waals surface area (Å²) >= 11 is 8.74. The van der Waals surface area contributed by atoms with Crippen LogP contribution in [0.1, 0.15) is 11.1 Å². The summed E-state index contributed by atoms with van der Waals surface area (Å²) in [5.41, 5.74) is 2.61. The molecule has 2 rings (SSSR count). The Morgan fingerprint density at radius 2 is 1.81 bits per heavy atom. The van der Waals surface area contributed by atoms with Gasteiger partial charge in [-0.2, -0.15) is 0 Å². The molecule has 16 heavy (non-hydrogen) atoms. The second-order valence-corrected chi connectivity index (χ2v) is 7.19. The molecule has 1 heterocycles. The van der Waals surface area contributed by atoms with E-state index >= 15 is 0 Å². The first kappa shape index (κ1) is 12.3. The molecule has 1 nitrogen and oxygen atoms in total. The van der Waals surface area contributed by atoms with E-state index in [4.69, 9.17) is 0 Å². The lowest BCUT2D eigenvalue weighted by molar-refractivity contribution is 0.693. The van der Waals surface area contributed by atoms with Crippen LogP contribution in [0, 0.1) is 0 Å². The van der Waals surface area contributed by atoms with Crippen LogP contribution in [0.5, 0.6) is 0 Å². The van der Waals surface area contributed by atoms with E-state index in [0.29, 0.717) is 0 Å². The molecule has 0 spiro atoms. The van der Waals surface area contributed by atoms with E-state index in [2.05, 4.69) is 67.5 Å². The zero-order chi connectivity index (χ0) is 11.4. The van der Waals surface area contributed by atoms with Crippen molar-refractivity contribution in [3.63, 3.8) is 0 Å². The molecule has 0 aliphatic heterocycles. The summed E-state index contributed by atoms with van der Waals surface area (Å²) in [6.07, 6.45) is 0. The van der Waals surface area contributed by atoms with Crippen LogP contribution in [-0.2, 0) is 13.1 Å². The predicted molar refractivity (Wildman–Crippen MR) is 76.7 cm³/mol. The molecular formula is C12H11Br2NS. The number of benzene rings is 1. The Labute approximate surface area is 116 Å². The van der Waals surface area contributed by atoms with Gasteiger partial charge in [-0.3, -0.25) is 0 Å². The molecule has 0 radical (unpaired) electrons. The molecule has 84 valence electrons. The average molecular weight is 361 g/mol. The highest BCUT2D eigenvalue weighted by Gasteiger charge is 2.04. The maximum atomic E-state index is 3.55. The van der Waals surface area contributed by atoms with Crippen LogP contribution in [-0.4, -0.2) is 0 Å². The Balaban J connectivity index is 1.87. The number of hydrogen-bond acceptors (Lipinski definition) is 2. The maximum absolute atomic E-state index is 3.55. The SMILES string of the molecule is Brc1cc(CNCc2ccccc2)c(Br)s1. The van der Waals surface area contributed by atoms with Gasteiger partial charge in [0.25, 0.3) is 0 Å². The van der Waals surface area contributed by atoms with E-state index in [0.717, 1.165) is 16.9 Å². The minimum Gasteiger partial charge on any atom is -0.309 e. The van der Waals surface area contributed by atoms with E-state index in [9.17, 15) is 0 Å². The molecule has 0 atom stereocenters. The zero-order valence-electron chi connectivity index (χ0n) is 8.54. The van der Waals surface area contributed by atoms with Crippen LogP contribution < -0.4 is 5.32 Å². The molecule has 0 saturated heterocycles. The van der Waals surface area contributed by atoms with Gasteiger partial charge in [-0.05, 0) is 49.1 Å². The lowest BCUT2D eigenvalue weighted by atomic mass is 10.2. The van der Waals surface area contributed by atoms with E-state index in [-0.39, 0.29) is 0 Å². The van der Waals surface area contributed by atoms with Crippen LogP contribution in [0.3, 0.4) is 0 Å². The summed E-state index contributed by atoms with van der Waals surface area (Å²) < 4.78 is 2.36. The molecule has 0 unspecified atom stereocenters. The van der Waals surface area contributed by atoms with Gasteiger partial charge in [-0.15, -0.1) is 11.3 Å². The zero-order valence-corrected chi connectivity index (χ0v) is 12.5. The second-order valence-electron chi connectivity index (χ2n) is 3.44. The first-order valence-corrected chi connectivity index (χ1v) is 7.34. The Kier molecular flexibility index (Phi) is 4.58. The maximum Gasteiger partial charge on any atom is 0.0755 e. The highest BCUT2D eigenvalue weighted by Crippen LogP contribution is 2.31. The summed E-state index contributed by atoms with van der Waals surface area (Å²) in [4.78, 5) is 0. The van der Waals surface area contributed by atoms with Crippen molar-refractivity contribution in [2.24, 2.45) is 0 Å². The third kappa shape index (κ3) is 3.42. The number of nitrogens with one attached hydrogen (secondary N) is 1. The Hall–Kier alpha value is -0.160. The minimum atomic E-state index is 0.886. The smallest absolute Gasteiger partial charge is 0.0755 e. The van der Waals surface area contributed by atoms with Crippen molar-refractivity contribution in [1.82, 2.24) is 5.32 Å². The van der Waals surface area contributed by atoms with Gasteiger partial charge in [0.1, 0.15) is 0 Å². The van der Waals surface area contributed by atoms with Gasteiger partial charge in [0.2, 0.25) is 0 Å². The lowest BCUT2D eigenvalue weighted by Crippen LogP contribution is -2.12. The molecule has 2 aromatic rings. The van der Waals surface area contributed by atoms with Crippen LogP contribution in [0.15, 0.2) is 44.0 Å². The van der Waals surface area contributed by atoms with Crippen molar-refractivity contribution >= 4 is 43.2 Å². The molecule has 0 saturated carbocycles. The largest absolute Gasteiger partial charge is 0.309 e. The molecule has 1 aromatic heterocycles. The first-order chi connectivity index (χ1) is 7.75. The average Bonchev–Trinajstić information content (AvgIpc) is 2.59. The van der Waals surface area contributed by atoms with Gasteiger partial charge >= 0.3 is 0 Å². The van der Waals surface area contributed by atoms with Crippen molar-refractivity contribution in [2.75, 3.05) is 0 Å². The first-order valence-electron chi connectivity index (χ1n) is 4.94. The summed E-state index contributed by atoms with van der Waals surface area (Å²) in [6, 6.07) is 12.6. The molecule has 0 fully saturated rings. The van der Waals surface area contributed by atoms with Crippen LogP contribution in [0.25, 0.3) is 0 Å². The molecule has 4 heteroatoms. The molecule has 0 amide bonds. The fourth-order valence-electron chi connectivity index (χ4n) is 1.43. The third-order valence-electron chi connectivity index (χ3n) is 2.21. The minimum absolute atomic E-state index is 0.886. The number of halogens is 2. The standard InChI is InChI=1S/C12H11Br2NS/c13-11-6-10(12(14)16-11)8-15-7-9-4-2-1-3-5-9/h1-6,15H,7-8H2. The normalized spacial score (nSPS) is 10.6. The summed E-state index contributed by atoms with van der Waals surface area (Å²) in [5.74, 6) is 0. The molecule has 1 aromatic carbocycles. The monoisotopic (exact) mass is 359 g/mol. The fourth-order valence-corrected chi connectivity index (χ4v) is 4.26. The molecule has 1 N–H and O–H groups in total.